The smallest absolute Gasteiger partial charge is 0.407 e. The van der Waals surface area contributed by atoms with E-state index in [0.29, 0.717) is 54.9 Å². The van der Waals surface area contributed by atoms with Crippen molar-refractivity contribution >= 4 is 34.5 Å². The van der Waals surface area contributed by atoms with Gasteiger partial charge in [-0.3, -0.25) is 9.36 Å². The minimum Gasteiger partial charge on any atom is -0.465 e. The minimum atomic E-state index is -0.980. The number of carbonyl (C=O) groups excluding carboxylic acids is 1. The Hall–Kier alpha value is -3.06. The van der Waals surface area contributed by atoms with Gasteiger partial charge in [0.05, 0.1) is 11.0 Å². The standard InChI is InChI=1S/C22H24ClN3O4/c1-25-19-10-9-16(14-18(19)24-21(25)28)20(27)8-4-5-12-26(22(29)30)13-11-15-6-2-3-7-17(15)23/h2-3,6-7,9-10,14H,4-5,8,11-13H2,1H3,(H,24,28)(H,29,30). The highest BCUT2D eigenvalue weighted by atomic mass is 35.5. The third kappa shape index (κ3) is 5.10. The molecule has 2 N–H and O–H groups in total. The number of aromatic amines is 1. The number of carboxylic acid groups (broad SMARTS) is 1. The lowest BCUT2D eigenvalue weighted by molar-refractivity contribution is 0.0978. The zero-order valence-corrected chi connectivity index (χ0v) is 17.5. The van der Waals surface area contributed by atoms with Crippen molar-refractivity contribution in [2.75, 3.05) is 13.1 Å². The number of unbranched alkanes of at least 4 members (excludes halogenated alkanes) is 1. The summed E-state index contributed by atoms with van der Waals surface area (Å²) in [5, 5.41) is 10.1. The first-order valence-corrected chi connectivity index (χ1v) is 10.2. The zero-order valence-electron chi connectivity index (χ0n) is 16.7. The van der Waals surface area contributed by atoms with Crippen LogP contribution in [0, 0.1) is 0 Å². The Morgan fingerprint density at radius 3 is 2.63 bits per heavy atom. The van der Waals surface area contributed by atoms with Gasteiger partial charge in [-0.2, -0.15) is 0 Å². The second kappa shape index (κ2) is 9.63. The van der Waals surface area contributed by atoms with Crippen molar-refractivity contribution in [3.63, 3.8) is 0 Å². The number of hydrogen-bond acceptors (Lipinski definition) is 3. The predicted molar refractivity (Wildman–Crippen MR) is 116 cm³/mol. The normalized spacial score (nSPS) is 11.0. The molecule has 30 heavy (non-hydrogen) atoms. The van der Waals surface area contributed by atoms with Crippen LogP contribution in [0.3, 0.4) is 0 Å². The fourth-order valence-electron chi connectivity index (χ4n) is 3.40. The number of halogens is 1. The maximum atomic E-state index is 12.5. The Morgan fingerprint density at radius 1 is 1.13 bits per heavy atom. The lowest BCUT2D eigenvalue weighted by Crippen LogP contribution is -2.32. The molecule has 0 unspecified atom stereocenters. The summed E-state index contributed by atoms with van der Waals surface area (Å²) in [7, 11) is 1.67. The van der Waals surface area contributed by atoms with Gasteiger partial charge in [-0.05, 0) is 49.1 Å². The van der Waals surface area contributed by atoms with Gasteiger partial charge in [-0.15, -0.1) is 0 Å². The summed E-state index contributed by atoms with van der Waals surface area (Å²) in [6.45, 7) is 0.711. The maximum Gasteiger partial charge on any atom is 0.407 e. The fraction of sp³-hybridized carbons (Fsp3) is 0.318. The number of amides is 1. The van der Waals surface area contributed by atoms with Crippen molar-refractivity contribution in [2.24, 2.45) is 7.05 Å². The van der Waals surface area contributed by atoms with Crippen LogP contribution in [0.25, 0.3) is 11.0 Å². The van der Waals surface area contributed by atoms with E-state index in [9.17, 15) is 19.5 Å². The van der Waals surface area contributed by atoms with E-state index in [1.165, 1.54) is 9.47 Å². The average molecular weight is 430 g/mol. The van der Waals surface area contributed by atoms with Gasteiger partial charge in [0.2, 0.25) is 0 Å². The van der Waals surface area contributed by atoms with Gasteiger partial charge < -0.3 is 15.0 Å². The van der Waals surface area contributed by atoms with Gasteiger partial charge in [-0.1, -0.05) is 29.8 Å². The van der Waals surface area contributed by atoms with E-state index in [1.807, 2.05) is 18.2 Å². The molecule has 0 aliphatic heterocycles. The number of imidazole rings is 1. The Morgan fingerprint density at radius 2 is 1.90 bits per heavy atom. The summed E-state index contributed by atoms with van der Waals surface area (Å²) in [5.41, 5.74) is 2.60. The van der Waals surface area contributed by atoms with Crippen LogP contribution in [0.5, 0.6) is 0 Å². The molecule has 2 aromatic carbocycles. The summed E-state index contributed by atoms with van der Waals surface area (Å²) in [6, 6.07) is 12.5. The number of ketones is 1. The number of nitrogens with zero attached hydrogens (tertiary/aromatic N) is 2. The molecular formula is C22H24ClN3O4. The molecule has 0 atom stereocenters. The zero-order chi connectivity index (χ0) is 21.7. The number of aryl methyl sites for hydroxylation is 1. The first-order valence-electron chi connectivity index (χ1n) is 9.80. The number of carbonyl (C=O) groups is 2. The molecule has 0 saturated heterocycles. The SMILES string of the molecule is Cn1c(=O)[nH]c2cc(C(=O)CCCCN(CCc3ccccc3Cl)C(=O)O)ccc21. The first-order chi connectivity index (χ1) is 14.4. The lowest BCUT2D eigenvalue weighted by Gasteiger charge is -2.19. The van der Waals surface area contributed by atoms with Crippen molar-refractivity contribution < 1.29 is 14.7 Å². The van der Waals surface area contributed by atoms with Gasteiger partial charge in [0.15, 0.2) is 5.78 Å². The number of Topliss-reactive ketones (excluding diaryl/α,β-unsaturated/α-hetero) is 1. The highest BCUT2D eigenvalue weighted by Gasteiger charge is 2.14. The van der Waals surface area contributed by atoms with Crippen LogP contribution in [0.4, 0.5) is 4.79 Å². The number of fused-ring (bicyclic) bond motifs is 1. The van der Waals surface area contributed by atoms with Crippen LogP contribution < -0.4 is 5.69 Å². The molecule has 1 amide bonds. The molecule has 1 heterocycles. The Bertz CT molecular complexity index is 1120. The molecule has 3 aromatic rings. The van der Waals surface area contributed by atoms with Gasteiger partial charge in [-0.25, -0.2) is 9.59 Å². The van der Waals surface area contributed by atoms with E-state index in [0.717, 1.165) is 11.1 Å². The first kappa shape index (κ1) is 21.6. The van der Waals surface area contributed by atoms with E-state index < -0.39 is 6.09 Å². The van der Waals surface area contributed by atoms with Gasteiger partial charge in [0.25, 0.3) is 0 Å². The van der Waals surface area contributed by atoms with Crippen LogP contribution in [0.1, 0.15) is 35.2 Å². The molecule has 0 aliphatic carbocycles. The quantitative estimate of drug-likeness (QED) is 0.395. The highest BCUT2D eigenvalue weighted by Crippen LogP contribution is 2.17. The number of aromatic nitrogens is 2. The molecule has 3 rings (SSSR count). The summed E-state index contributed by atoms with van der Waals surface area (Å²) < 4.78 is 1.49. The Labute approximate surface area is 178 Å². The number of H-pyrrole nitrogens is 1. The fourth-order valence-corrected chi connectivity index (χ4v) is 3.63. The summed E-state index contributed by atoms with van der Waals surface area (Å²) in [4.78, 5) is 39.7. The van der Waals surface area contributed by atoms with E-state index >= 15 is 0 Å². The van der Waals surface area contributed by atoms with Crippen LogP contribution in [0.2, 0.25) is 5.02 Å². The van der Waals surface area contributed by atoms with E-state index in [-0.39, 0.29) is 11.5 Å². The molecule has 0 radical (unpaired) electrons. The topological polar surface area (TPSA) is 95.4 Å². The minimum absolute atomic E-state index is 0.0282. The molecule has 1 aromatic heterocycles. The molecule has 158 valence electrons. The molecule has 0 fully saturated rings. The second-order valence-electron chi connectivity index (χ2n) is 7.21. The molecule has 7 nitrogen and oxygen atoms in total. The second-order valence-corrected chi connectivity index (χ2v) is 7.62. The lowest BCUT2D eigenvalue weighted by atomic mass is 10.0. The molecule has 0 saturated carbocycles. The van der Waals surface area contributed by atoms with Crippen molar-refractivity contribution in [3.05, 3.63) is 69.1 Å². The largest absolute Gasteiger partial charge is 0.465 e. The van der Waals surface area contributed by atoms with Crippen LogP contribution in [-0.2, 0) is 13.5 Å². The molecule has 0 aliphatic rings. The molecule has 0 bridgehead atoms. The van der Waals surface area contributed by atoms with Crippen LogP contribution in [0.15, 0.2) is 47.3 Å². The van der Waals surface area contributed by atoms with Crippen LogP contribution >= 0.6 is 11.6 Å². The Balaban J connectivity index is 1.49. The number of benzene rings is 2. The molecule has 0 spiro atoms. The van der Waals surface area contributed by atoms with Crippen molar-refractivity contribution in [1.82, 2.24) is 14.5 Å². The van der Waals surface area contributed by atoms with Gasteiger partial charge >= 0.3 is 11.8 Å². The summed E-state index contributed by atoms with van der Waals surface area (Å²) in [6.07, 6.45) is 1.05. The monoisotopic (exact) mass is 429 g/mol. The average Bonchev–Trinajstić information content (AvgIpc) is 3.01. The van der Waals surface area contributed by atoms with Gasteiger partial charge in [0, 0.05) is 37.1 Å². The third-order valence-corrected chi connectivity index (χ3v) is 5.56. The van der Waals surface area contributed by atoms with Gasteiger partial charge in [0.1, 0.15) is 0 Å². The number of nitrogens with one attached hydrogen (secondary N) is 1. The molecular weight excluding hydrogens is 406 g/mol. The third-order valence-electron chi connectivity index (χ3n) is 5.19. The molecule has 8 heteroatoms. The van der Waals surface area contributed by atoms with E-state index in [2.05, 4.69) is 4.98 Å². The predicted octanol–water partition coefficient (Wildman–Crippen LogP) is 4.10. The van der Waals surface area contributed by atoms with Crippen molar-refractivity contribution in [1.29, 1.82) is 0 Å². The van der Waals surface area contributed by atoms with Crippen molar-refractivity contribution in [3.8, 4) is 0 Å². The number of hydrogen-bond donors (Lipinski definition) is 2. The van der Waals surface area contributed by atoms with Crippen molar-refractivity contribution in [2.45, 2.75) is 25.7 Å². The summed E-state index contributed by atoms with van der Waals surface area (Å²) in [5.74, 6) is -0.0282. The maximum absolute atomic E-state index is 12.5. The Kier molecular flexibility index (Phi) is 6.95. The van der Waals surface area contributed by atoms with Crippen LogP contribution in [-0.4, -0.2) is 44.5 Å². The summed E-state index contributed by atoms with van der Waals surface area (Å²) >= 11 is 6.13. The highest BCUT2D eigenvalue weighted by molar-refractivity contribution is 6.31. The van der Waals surface area contributed by atoms with E-state index in [1.54, 1.807) is 31.3 Å². The van der Waals surface area contributed by atoms with E-state index in [4.69, 9.17) is 11.6 Å². The number of rotatable bonds is 9.